The molecule has 0 heterocycles. The average Bonchev–Trinajstić information content (AvgIpc) is 3.30. The van der Waals surface area contributed by atoms with Crippen LogP contribution in [0.3, 0.4) is 0 Å². The van der Waals surface area contributed by atoms with Gasteiger partial charge in [-0.3, -0.25) is 4.90 Å². The zero-order valence-electron chi connectivity index (χ0n) is 11.9. The molecule has 1 saturated carbocycles. The minimum atomic E-state index is 0.185. The van der Waals surface area contributed by atoms with Gasteiger partial charge in [0.1, 0.15) is 5.75 Å². The van der Waals surface area contributed by atoms with E-state index in [1.807, 2.05) is 18.2 Å². The summed E-state index contributed by atoms with van der Waals surface area (Å²) < 4.78 is 5.29. The largest absolute Gasteiger partial charge is 0.497 e. The van der Waals surface area contributed by atoms with Crippen LogP contribution in [0.2, 0.25) is 0 Å². The van der Waals surface area contributed by atoms with Crippen LogP contribution in [0.15, 0.2) is 18.2 Å². The molecule has 1 aliphatic rings. The van der Waals surface area contributed by atoms with Gasteiger partial charge < -0.3 is 15.6 Å². The van der Waals surface area contributed by atoms with E-state index < -0.39 is 0 Å². The normalized spacial score (nSPS) is 14.0. The van der Waals surface area contributed by atoms with Crippen LogP contribution in [0.25, 0.3) is 0 Å². The lowest BCUT2D eigenvalue weighted by atomic mass is 10.1. The van der Waals surface area contributed by atoms with Gasteiger partial charge in [0.05, 0.1) is 20.3 Å². The highest BCUT2D eigenvalue weighted by Crippen LogP contribution is 2.29. The molecule has 0 atom stereocenters. The van der Waals surface area contributed by atoms with E-state index in [4.69, 9.17) is 10.5 Å². The van der Waals surface area contributed by atoms with Gasteiger partial charge in [-0.1, -0.05) is 11.8 Å². The number of benzene rings is 1. The van der Waals surface area contributed by atoms with Crippen LogP contribution < -0.4 is 10.5 Å². The Labute approximate surface area is 120 Å². The lowest BCUT2D eigenvalue weighted by Gasteiger charge is -2.22. The molecule has 1 aromatic rings. The number of nitrogens with two attached hydrogens (primary N) is 1. The Bertz CT molecular complexity index is 501. The van der Waals surface area contributed by atoms with Gasteiger partial charge in [-0.05, 0) is 36.6 Å². The number of hydrogen-bond acceptors (Lipinski definition) is 4. The number of hydrogen-bond donors (Lipinski definition) is 2. The van der Waals surface area contributed by atoms with Crippen molar-refractivity contribution in [3.05, 3.63) is 29.3 Å². The predicted octanol–water partition coefficient (Wildman–Crippen LogP) is 0.962. The highest BCUT2D eigenvalue weighted by atomic mass is 16.5. The lowest BCUT2D eigenvalue weighted by Crippen LogP contribution is -2.29. The minimum absolute atomic E-state index is 0.185. The summed E-state index contributed by atoms with van der Waals surface area (Å²) in [4.78, 5) is 2.31. The fourth-order valence-corrected chi connectivity index (χ4v) is 2.27. The minimum Gasteiger partial charge on any atom is -0.497 e. The van der Waals surface area contributed by atoms with Crippen LogP contribution in [0, 0.1) is 11.8 Å². The first kappa shape index (κ1) is 14.9. The van der Waals surface area contributed by atoms with Crippen molar-refractivity contribution in [3.8, 4) is 17.6 Å². The Balaban J connectivity index is 2.21. The maximum Gasteiger partial charge on any atom is 0.119 e. The summed E-state index contributed by atoms with van der Waals surface area (Å²) in [5.41, 5.74) is 7.56. The summed E-state index contributed by atoms with van der Waals surface area (Å²) >= 11 is 0. The molecule has 0 radical (unpaired) electrons. The van der Waals surface area contributed by atoms with Crippen LogP contribution in [0.1, 0.15) is 24.0 Å². The molecular weight excluding hydrogens is 252 g/mol. The van der Waals surface area contributed by atoms with Gasteiger partial charge in [-0.15, -0.1) is 0 Å². The molecule has 0 bridgehead atoms. The highest BCUT2D eigenvalue weighted by Gasteiger charge is 2.28. The molecule has 0 saturated heterocycles. The molecule has 2 rings (SSSR count). The third-order valence-electron chi connectivity index (χ3n) is 3.46. The quantitative estimate of drug-likeness (QED) is 0.759. The zero-order chi connectivity index (χ0) is 14.4. The summed E-state index contributed by atoms with van der Waals surface area (Å²) in [6, 6.07) is 6.51. The number of methoxy groups -OCH3 is 1. The molecular formula is C16H22N2O2. The van der Waals surface area contributed by atoms with Crippen molar-refractivity contribution in [2.45, 2.75) is 25.4 Å². The van der Waals surface area contributed by atoms with Gasteiger partial charge in [-0.25, -0.2) is 0 Å². The summed E-state index contributed by atoms with van der Waals surface area (Å²) in [7, 11) is 1.66. The molecule has 108 valence electrons. The third-order valence-corrected chi connectivity index (χ3v) is 3.46. The predicted molar refractivity (Wildman–Crippen MR) is 79.4 cm³/mol. The number of rotatable bonds is 6. The van der Waals surface area contributed by atoms with E-state index in [0.29, 0.717) is 19.1 Å². The molecule has 4 nitrogen and oxygen atoms in total. The van der Waals surface area contributed by atoms with Crippen LogP contribution in [-0.4, -0.2) is 42.9 Å². The molecule has 0 aliphatic heterocycles. The fourth-order valence-electron chi connectivity index (χ4n) is 2.27. The van der Waals surface area contributed by atoms with E-state index >= 15 is 0 Å². The Morgan fingerprint density at radius 2 is 2.25 bits per heavy atom. The third kappa shape index (κ3) is 3.97. The molecule has 1 aromatic carbocycles. The molecule has 0 unspecified atom stereocenters. The number of nitrogens with zero attached hydrogens (tertiary/aromatic N) is 1. The van der Waals surface area contributed by atoms with E-state index in [0.717, 1.165) is 23.4 Å². The van der Waals surface area contributed by atoms with Gasteiger partial charge in [0.2, 0.25) is 0 Å². The van der Waals surface area contributed by atoms with Gasteiger partial charge in [-0.2, -0.15) is 0 Å². The second-order valence-electron chi connectivity index (χ2n) is 4.95. The second-order valence-corrected chi connectivity index (χ2v) is 4.95. The van der Waals surface area contributed by atoms with E-state index in [1.54, 1.807) is 7.11 Å². The fraction of sp³-hybridized carbons (Fsp3) is 0.500. The SMILES string of the molecule is COc1ccc(C#CCN)c(CN(CCO)C2CC2)c1. The van der Waals surface area contributed by atoms with Crippen LogP contribution in [-0.2, 0) is 6.54 Å². The molecule has 1 fully saturated rings. The topological polar surface area (TPSA) is 58.7 Å². The monoisotopic (exact) mass is 274 g/mol. The Hall–Kier alpha value is -1.54. The molecule has 3 N–H and O–H groups in total. The van der Waals surface area contributed by atoms with Crippen molar-refractivity contribution in [2.24, 2.45) is 5.73 Å². The van der Waals surface area contributed by atoms with E-state index in [1.165, 1.54) is 12.8 Å². The van der Waals surface area contributed by atoms with Gasteiger partial charge in [0.25, 0.3) is 0 Å². The molecule has 0 amide bonds. The van der Waals surface area contributed by atoms with Crippen LogP contribution in [0.5, 0.6) is 5.75 Å². The van der Waals surface area contributed by atoms with E-state index in [-0.39, 0.29) is 6.61 Å². The van der Waals surface area contributed by atoms with Crippen molar-refractivity contribution in [1.82, 2.24) is 4.90 Å². The Kier molecular flexibility index (Phi) is 5.42. The van der Waals surface area contributed by atoms with Crippen molar-refractivity contribution in [3.63, 3.8) is 0 Å². The van der Waals surface area contributed by atoms with Crippen LogP contribution >= 0.6 is 0 Å². The summed E-state index contributed by atoms with van der Waals surface area (Å²) in [6.45, 7) is 2.03. The average molecular weight is 274 g/mol. The smallest absolute Gasteiger partial charge is 0.119 e. The van der Waals surface area contributed by atoms with E-state index in [9.17, 15) is 5.11 Å². The molecule has 0 aromatic heterocycles. The van der Waals surface area contributed by atoms with E-state index in [2.05, 4.69) is 16.7 Å². The first-order valence-corrected chi connectivity index (χ1v) is 6.99. The number of aliphatic hydroxyl groups excluding tert-OH is 1. The van der Waals surface area contributed by atoms with Gasteiger partial charge >= 0.3 is 0 Å². The summed E-state index contributed by atoms with van der Waals surface area (Å²) in [6.07, 6.45) is 2.43. The van der Waals surface area contributed by atoms with Crippen molar-refractivity contribution < 1.29 is 9.84 Å². The number of ether oxygens (including phenoxy) is 1. The zero-order valence-corrected chi connectivity index (χ0v) is 11.9. The van der Waals surface area contributed by atoms with Crippen LogP contribution in [0.4, 0.5) is 0 Å². The van der Waals surface area contributed by atoms with Crippen molar-refractivity contribution in [2.75, 3.05) is 26.8 Å². The lowest BCUT2D eigenvalue weighted by molar-refractivity contribution is 0.183. The van der Waals surface area contributed by atoms with Gasteiger partial charge in [0.15, 0.2) is 0 Å². The second kappa shape index (κ2) is 7.30. The molecule has 20 heavy (non-hydrogen) atoms. The highest BCUT2D eigenvalue weighted by molar-refractivity contribution is 5.45. The molecule has 0 spiro atoms. The molecule has 4 heteroatoms. The first-order valence-electron chi connectivity index (χ1n) is 6.99. The Morgan fingerprint density at radius 1 is 1.45 bits per heavy atom. The summed E-state index contributed by atoms with van der Waals surface area (Å²) in [5, 5.41) is 9.19. The maximum atomic E-state index is 9.19. The van der Waals surface area contributed by atoms with Crippen molar-refractivity contribution in [1.29, 1.82) is 0 Å². The standard InChI is InChI=1S/C16H22N2O2/c1-20-16-7-4-13(3-2-8-17)14(11-16)12-18(9-10-19)15-5-6-15/h4,7,11,15,19H,5-6,8-10,12,17H2,1H3. The Morgan fingerprint density at radius 3 is 2.85 bits per heavy atom. The summed E-state index contributed by atoms with van der Waals surface area (Å²) in [5.74, 6) is 6.84. The number of aliphatic hydroxyl groups is 1. The molecule has 1 aliphatic carbocycles. The van der Waals surface area contributed by atoms with Crippen molar-refractivity contribution >= 4 is 0 Å². The van der Waals surface area contributed by atoms with Gasteiger partial charge in [0, 0.05) is 24.7 Å². The maximum absolute atomic E-state index is 9.19. The first-order chi connectivity index (χ1) is 9.78.